The first-order valence-corrected chi connectivity index (χ1v) is 7.57. The molecule has 2 N–H and O–H groups in total. The summed E-state index contributed by atoms with van der Waals surface area (Å²) in [6, 6.07) is 1.98. The number of hydrogen-bond acceptors (Lipinski definition) is 4. The van der Waals surface area contributed by atoms with Gasteiger partial charge in [-0.15, -0.1) is 11.3 Å². The van der Waals surface area contributed by atoms with Crippen LogP contribution in [0.15, 0.2) is 11.4 Å². The van der Waals surface area contributed by atoms with Gasteiger partial charge < -0.3 is 15.4 Å². The summed E-state index contributed by atoms with van der Waals surface area (Å²) < 4.78 is 5.35. The maximum absolute atomic E-state index is 12.2. The lowest BCUT2D eigenvalue weighted by atomic mass is 9.79. The average Bonchev–Trinajstić information content (AvgIpc) is 2.84. The summed E-state index contributed by atoms with van der Waals surface area (Å²) in [6.07, 6.45) is 2.09. The number of methoxy groups -OCH3 is 1. The highest BCUT2D eigenvalue weighted by molar-refractivity contribution is 7.12. The molecular formula is C14H22N2O2S. The number of amides is 1. The van der Waals surface area contributed by atoms with Crippen LogP contribution in [0.25, 0.3) is 0 Å². The smallest absolute Gasteiger partial charge is 0.261 e. The van der Waals surface area contributed by atoms with E-state index in [1.54, 1.807) is 7.11 Å². The molecule has 2 rings (SSSR count). The SMILES string of the molecule is COCC1(CNC(=O)c2sccc2C)CCNCC1. The number of ether oxygens (including phenoxy) is 1. The number of rotatable bonds is 5. The number of carbonyl (C=O) groups excluding carboxylic acids is 1. The van der Waals surface area contributed by atoms with E-state index in [9.17, 15) is 4.79 Å². The number of nitrogens with one attached hydrogen (secondary N) is 2. The minimum atomic E-state index is 0.0431. The lowest BCUT2D eigenvalue weighted by Crippen LogP contribution is -2.47. The first kappa shape index (κ1) is 14.5. The predicted molar refractivity (Wildman–Crippen MR) is 77.8 cm³/mol. The van der Waals surface area contributed by atoms with Gasteiger partial charge in [-0.2, -0.15) is 0 Å². The molecule has 2 heterocycles. The standard InChI is InChI=1S/C14H22N2O2S/c1-11-3-8-19-12(11)13(17)16-9-14(10-18-2)4-6-15-7-5-14/h3,8,15H,4-7,9-10H2,1-2H3,(H,16,17). The van der Waals surface area contributed by atoms with Crippen molar-refractivity contribution in [2.45, 2.75) is 19.8 Å². The third-order valence-corrected chi connectivity index (χ3v) is 4.82. The van der Waals surface area contributed by atoms with Crippen LogP contribution < -0.4 is 10.6 Å². The number of carbonyl (C=O) groups is 1. The molecule has 5 heteroatoms. The molecule has 0 radical (unpaired) electrons. The van der Waals surface area contributed by atoms with E-state index in [0.29, 0.717) is 13.2 Å². The minimum absolute atomic E-state index is 0.0431. The maximum Gasteiger partial charge on any atom is 0.261 e. The molecule has 0 aromatic carbocycles. The summed E-state index contributed by atoms with van der Waals surface area (Å²) in [5.74, 6) is 0.0431. The number of hydrogen-bond donors (Lipinski definition) is 2. The van der Waals surface area contributed by atoms with E-state index >= 15 is 0 Å². The molecule has 0 saturated carbocycles. The Kier molecular flexibility index (Phi) is 4.96. The van der Waals surface area contributed by atoms with Crippen LogP contribution in [0.3, 0.4) is 0 Å². The fourth-order valence-electron chi connectivity index (χ4n) is 2.59. The van der Waals surface area contributed by atoms with E-state index in [2.05, 4.69) is 10.6 Å². The molecule has 1 aromatic heterocycles. The molecule has 0 unspecified atom stereocenters. The summed E-state index contributed by atoms with van der Waals surface area (Å²) >= 11 is 1.50. The Hall–Kier alpha value is -0.910. The van der Waals surface area contributed by atoms with Crippen LogP contribution in [0, 0.1) is 12.3 Å². The molecule has 1 aromatic rings. The van der Waals surface area contributed by atoms with Crippen LogP contribution in [0.4, 0.5) is 0 Å². The van der Waals surface area contributed by atoms with Crippen LogP contribution >= 0.6 is 11.3 Å². The highest BCUT2D eigenvalue weighted by Crippen LogP contribution is 2.28. The van der Waals surface area contributed by atoms with Gasteiger partial charge in [-0.25, -0.2) is 0 Å². The minimum Gasteiger partial charge on any atom is -0.384 e. The van der Waals surface area contributed by atoms with Crippen molar-refractivity contribution in [3.63, 3.8) is 0 Å². The quantitative estimate of drug-likeness (QED) is 0.866. The monoisotopic (exact) mass is 282 g/mol. The predicted octanol–water partition coefficient (Wildman–Crippen LogP) is 1.80. The molecular weight excluding hydrogens is 260 g/mol. The second kappa shape index (κ2) is 6.50. The number of thiophene rings is 1. The van der Waals surface area contributed by atoms with Crippen molar-refractivity contribution in [3.8, 4) is 0 Å². The van der Waals surface area contributed by atoms with Crippen LogP contribution in [-0.2, 0) is 4.74 Å². The van der Waals surface area contributed by atoms with Gasteiger partial charge >= 0.3 is 0 Å². The topological polar surface area (TPSA) is 50.4 Å². The molecule has 0 aliphatic carbocycles. The van der Waals surface area contributed by atoms with E-state index in [4.69, 9.17) is 4.74 Å². The Bertz CT molecular complexity index is 419. The van der Waals surface area contributed by atoms with Gasteiger partial charge in [-0.1, -0.05) is 0 Å². The van der Waals surface area contributed by atoms with Crippen molar-refractivity contribution in [3.05, 3.63) is 21.9 Å². The van der Waals surface area contributed by atoms with Gasteiger partial charge in [0, 0.05) is 19.1 Å². The van der Waals surface area contributed by atoms with Crippen LogP contribution in [0.5, 0.6) is 0 Å². The van der Waals surface area contributed by atoms with Gasteiger partial charge in [0.2, 0.25) is 0 Å². The van der Waals surface area contributed by atoms with Gasteiger partial charge in [0.15, 0.2) is 0 Å². The largest absolute Gasteiger partial charge is 0.384 e. The Balaban J connectivity index is 1.95. The van der Waals surface area contributed by atoms with Crippen LogP contribution in [0.2, 0.25) is 0 Å². The van der Waals surface area contributed by atoms with Gasteiger partial charge in [0.25, 0.3) is 5.91 Å². The Morgan fingerprint density at radius 2 is 2.26 bits per heavy atom. The zero-order valence-corrected chi connectivity index (χ0v) is 12.4. The maximum atomic E-state index is 12.2. The molecule has 1 amide bonds. The zero-order chi connectivity index (χ0) is 13.7. The van der Waals surface area contributed by atoms with Crippen LogP contribution in [-0.4, -0.2) is 39.3 Å². The van der Waals surface area contributed by atoms with Crippen molar-refractivity contribution in [2.24, 2.45) is 5.41 Å². The Morgan fingerprint density at radius 3 is 2.84 bits per heavy atom. The third-order valence-electron chi connectivity index (χ3n) is 3.81. The molecule has 1 saturated heterocycles. The fraction of sp³-hybridized carbons (Fsp3) is 0.643. The summed E-state index contributed by atoms with van der Waals surface area (Å²) in [5, 5.41) is 8.40. The zero-order valence-electron chi connectivity index (χ0n) is 11.6. The van der Waals surface area contributed by atoms with Crippen molar-refractivity contribution in [1.29, 1.82) is 0 Å². The first-order chi connectivity index (χ1) is 9.17. The fourth-order valence-corrected chi connectivity index (χ4v) is 3.43. The second-order valence-electron chi connectivity index (χ2n) is 5.30. The van der Waals surface area contributed by atoms with Crippen molar-refractivity contribution < 1.29 is 9.53 Å². The second-order valence-corrected chi connectivity index (χ2v) is 6.21. The van der Waals surface area contributed by atoms with Crippen molar-refractivity contribution in [1.82, 2.24) is 10.6 Å². The number of aryl methyl sites for hydroxylation is 1. The molecule has 1 aliphatic rings. The molecule has 1 aliphatic heterocycles. The van der Waals surface area contributed by atoms with Gasteiger partial charge in [-0.3, -0.25) is 4.79 Å². The highest BCUT2D eigenvalue weighted by Gasteiger charge is 2.32. The van der Waals surface area contributed by atoms with Gasteiger partial charge in [-0.05, 0) is 49.9 Å². The highest BCUT2D eigenvalue weighted by atomic mass is 32.1. The first-order valence-electron chi connectivity index (χ1n) is 6.69. The van der Waals surface area contributed by atoms with Crippen molar-refractivity contribution in [2.75, 3.05) is 33.4 Å². The molecule has 0 spiro atoms. The van der Waals surface area contributed by atoms with Crippen molar-refractivity contribution >= 4 is 17.2 Å². The molecule has 1 fully saturated rings. The normalized spacial score (nSPS) is 18.2. The van der Waals surface area contributed by atoms with Gasteiger partial charge in [0.1, 0.15) is 0 Å². The molecule has 19 heavy (non-hydrogen) atoms. The van der Waals surface area contributed by atoms with E-state index in [1.165, 1.54) is 11.3 Å². The molecule has 106 valence electrons. The molecule has 0 atom stereocenters. The van der Waals surface area contributed by atoms with Crippen LogP contribution in [0.1, 0.15) is 28.1 Å². The van der Waals surface area contributed by atoms with E-state index in [0.717, 1.165) is 36.4 Å². The third kappa shape index (κ3) is 3.55. The lowest BCUT2D eigenvalue weighted by molar-refractivity contribution is 0.0512. The summed E-state index contributed by atoms with van der Waals surface area (Å²) in [5.41, 5.74) is 1.13. The Morgan fingerprint density at radius 1 is 1.53 bits per heavy atom. The number of piperidine rings is 1. The van der Waals surface area contributed by atoms with E-state index in [1.807, 2.05) is 18.4 Å². The summed E-state index contributed by atoms with van der Waals surface area (Å²) in [7, 11) is 1.73. The van der Waals surface area contributed by atoms with Gasteiger partial charge in [0.05, 0.1) is 11.5 Å². The summed E-state index contributed by atoms with van der Waals surface area (Å²) in [6.45, 7) is 5.37. The molecule has 4 nitrogen and oxygen atoms in total. The Labute approximate surface area is 118 Å². The average molecular weight is 282 g/mol. The van der Waals surface area contributed by atoms with E-state index in [-0.39, 0.29) is 11.3 Å². The summed E-state index contributed by atoms with van der Waals surface area (Å²) in [4.78, 5) is 13.0. The molecule has 0 bridgehead atoms. The van der Waals surface area contributed by atoms with E-state index < -0.39 is 0 Å². The lowest BCUT2D eigenvalue weighted by Gasteiger charge is -2.37.